The summed E-state index contributed by atoms with van der Waals surface area (Å²) in [5.74, 6) is 0.797. The summed E-state index contributed by atoms with van der Waals surface area (Å²) < 4.78 is 5.61. The normalized spacial score (nSPS) is 14.4. The number of carbonyl (C=O) groups is 1. The third kappa shape index (κ3) is 2.22. The summed E-state index contributed by atoms with van der Waals surface area (Å²) in [6, 6.07) is 7.67. The van der Waals surface area contributed by atoms with Gasteiger partial charge in [0, 0.05) is 12.1 Å². The summed E-state index contributed by atoms with van der Waals surface area (Å²) in [5, 5.41) is 6.19. The number of hydrogen-bond acceptors (Lipinski definition) is 5. The molecule has 0 fully saturated rings. The fraction of sp³-hybridized carbons (Fsp3) is 0.250. The lowest BCUT2D eigenvalue weighted by atomic mass is 10.2. The number of rotatable bonds is 1. The highest BCUT2D eigenvalue weighted by Gasteiger charge is 2.23. The van der Waals surface area contributed by atoms with E-state index in [4.69, 9.17) is 10.5 Å². The van der Waals surface area contributed by atoms with Crippen LogP contribution in [0.2, 0.25) is 0 Å². The van der Waals surface area contributed by atoms with Gasteiger partial charge in [-0.3, -0.25) is 9.89 Å². The van der Waals surface area contributed by atoms with E-state index in [-0.39, 0.29) is 17.7 Å². The predicted octanol–water partition coefficient (Wildman–Crippen LogP) is 0.422. The minimum atomic E-state index is -0.232. The molecule has 0 bridgehead atoms. The molecule has 1 aromatic carbocycles. The molecule has 1 aromatic heterocycles. The Morgan fingerprint density at radius 2 is 2.26 bits per heavy atom. The monoisotopic (exact) mass is 259 g/mol. The molecule has 0 radical (unpaired) electrons. The van der Waals surface area contributed by atoms with Crippen molar-refractivity contribution in [2.75, 3.05) is 18.9 Å². The van der Waals surface area contributed by atoms with Crippen molar-refractivity contribution < 1.29 is 9.53 Å². The highest BCUT2D eigenvalue weighted by Crippen LogP contribution is 2.22. The smallest absolute Gasteiger partial charge is 0.291 e. The van der Waals surface area contributed by atoms with Crippen LogP contribution in [0.1, 0.15) is 16.2 Å². The molecule has 2 heterocycles. The molecule has 2 aromatic rings. The van der Waals surface area contributed by atoms with E-state index in [1.165, 1.54) is 0 Å². The van der Waals surface area contributed by atoms with Crippen molar-refractivity contribution in [2.24, 2.45) is 0 Å². The van der Waals surface area contributed by atoms with Gasteiger partial charge in [0.2, 0.25) is 11.8 Å². The molecule has 19 heavy (non-hydrogen) atoms. The molecule has 0 aliphatic carbocycles. The first-order valence-electron chi connectivity index (χ1n) is 5.92. The molecule has 7 heteroatoms. The average Bonchev–Trinajstić information content (AvgIpc) is 2.74. The molecular weight excluding hydrogens is 246 g/mol. The number of fused-ring (bicyclic) bond motifs is 1. The zero-order valence-electron chi connectivity index (χ0n) is 10.2. The summed E-state index contributed by atoms with van der Waals surface area (Å²) in [7, 11) is 0. The first-order valence-corrected chi connectivity index (χ1v) is 5.92. The van der Waals surface area contributed by atoms with E-state index < -0.39 is 0 Å². The van der Waals surface area contributed by atoms with Crippen molar-refractivity contribution in [3.63, 3.8) is 0 Å². The van der Waals surface area contributed by atoms with E-state index in [2.05, 4.69) is 15.2 Å². The first-order chi connectivity index (χ1) is 9.24. The molecule has 7 nitrogen and oxygen atoms in total. The van der Waals surface area contributed by atoms with Crippen LogP contribution in [0.5, 0.6) is 5.75 Å². The van der Waals surface area contributed by atoms with Gasteiger partial charge >= 0.3 is 0 Å². The van der Waals surface area contributed by atoms with Gasteiger partial charge in [0.25, 0.3) is 5.91 Å². The number of amides is 1. The summed E-state index contributed by atoms with van der Waals surface area (Å²) >= 11 is 0. The topological polar surface area (TPSA) is 97.1 Å². The van der Waals surface area contributed by atoms with Gasteiger partial charge in [-0.25, -0.2) is 0 Å². The largest absolute Gasteiger partial charge is 0.491 e. The van der Waals surface area contributed by atoms with Crippen LogP contribution >= 0.6 is 0 Å². The molecule has 1 aliphatic heterocycles. The van der Waals surface area contributed by atoms with Crippen molar-refractivity contribution >= 4 is 11.9 Å². The van der Waals surface area contributed by atoms with Gasteiger partial charge in [-0.15, -0.1) is 5.10 Å². The van der Waals surface area contributed by atoms with Crippen LogP contribution < -0.4 is 10.5 Å². The number of para-hydroxylation sites is 1. The number of hydrogen-bond donors (Lipinski definition) is 2. The van der Waals surface area contributed by atoms with Crippen LogP contribution in [0.4, 0.5) is 5.95 Å². The Kier molecular flexibility index (Phi) is 2.79. The highest BCUT2D eigenvalue weighted by molar-refractivity contribution is 5.90. The lowest BCUT2D eigenvalue weighted by Crippen LogP contribution is -2.33. The second-order valence-electron chi connectivity index (χ2n) is 4.23. The van der Waals surface area contributed by atoms with E-state index in [0.717, 1.165) is 11.3 Å². The Bertz CT molecular complexity index is 610. The maximum atomic E-state index is 12.3. The number of ether oxygens (including phenoxy) is 1. The summed E-state index contributed by atoms with van der Waals surface area (Å²) in [4.78, 5) is 17.8. The number of aromatic nitrogens is 3. The minimum Gasteiger partial charge on any atom is -0.491 e. The Labute approximate surface area is 109 Å². The highest BCUT2D eigenvalue weighted by atomic mass is 16.5. The molecule has 1 amide bonds. The number of aromatic amines is 1. The predicted molar refractivity (Wildman–Crippen MR) is 67.5 cm³/mol. The lowest BCUT2D eigenvalue weighted by molar-refractivity contribution is 0.0721. The second-order valence-corrected chi connectivity index (χ2v) is 4.23. The van der Waals surface area contributed by atoms with Crippen LogP contribution in [-0.2, 0) is 6.54 Å². The molecule has 0 saturated heterocycles. The molecule has 98 valence electrons. The van der Waals surface area contributed by atoms with E-state index in [9.17, 15) is 4.79 Å². The van der Waals surface area contributed by atoms with Crippen LogP contribution in [-0.4, -0.2) is 39.1 Å². The SMILES string of the molecule is Nc1n[nH]c(C(=O)N2CCOc3ccccc3C2)n1. The number of nitrogens with one attached hydrogen (secondary N) is 1. The maximum Gasteiger partial charge on any atom is 0.291 e. The zero-order chi connectivity index (χ0) is 13.2. The molecule has 0 atom stereocenters. The molecule has 0 unspecified atom stereocenters. The standard InChI is InChI=1S/C12H13N5O2/c13-12-14-10(15-16-12)11(18)17-5-6-19-9-4-2-1-3-8(9)7-17/h1-4H,5-7H2,(H3,13,14,15,16). The van der Waals surface area contributed by atoms with Gasteiger partial charge in [0.1, 0.15) is 12.4 Å². The van der Waals surface area contributed by atoms with Crippen molar-refractivity contribution in [3.8, 4) is 5.75 Å². The fourth-order valence-corrected chi connectivity index (χ4v) is 2.02. The number of anilines is 1. The molecule has 0 saturated carbocycles. The number of nitrogens with zero attached hydrogens (tertiary/aromatic N) is 3. The van der Waals surface area contributed by atoms with Gasteiger partial charge in [0.15, 0.2) is 0 Å². The second kappa shape index (κ2) is 4.60. The van der Waals surface area contributed by atoms with Crippen LogP contribution in [0.3, 0.4) is 0 Å². The summed E-state index contributed by atoms with van der Waals surface area (Å²) in [5.41, 5.74) is 6.38. The van der Waals surface area contributed by atoms with Crippen molar-refractivity contribution in [3.05, 3.63) is 35.7 Å². The van der Waals surface area contributed by atoms with Crippen molar-refractivity contribution in [1.29, 1.82) is 0 Å². The third-order valence-electron chi connectivity index (χ3n) is 2.95. The number of nitrogen functional groups attached to an aromatic ring is 1. The van der Waals surface area contributed by atoms with Gasteiger partial charge in [-0.05, 0) is 6.07 Å². The van der Waals surface area contributed by atoms with E-state index in [0.29, 0.717) is 19.7 Å². The van der Waals surface area contributed by atoms with Crippen LogP contribution in [0.15, 0.2) is 24.3 Å². The Balaban J connectivity index is 1.84. The fourth-order valence-electron chi connectivity index (χ4n) is 2.02. The Morgan fingerprint density at radius 1 is 1.42 bits per heavy atom. The quantitative estimate of drug-likeness (QED) is 0.773. The van der Waals surface area contributed by atoms with Crippen molar-refractivity contribution in [1.82, 2.24) is 20.1 Å². The van der Waals surface area contributed by atoms with Gasteiger partial charge in [0.05, 0.1) is 6.54 Å². The summed E-state index contributed by atoms with van der Waals surface area (Å²) in [6.07, 6.45) is 0. The number of benzene rings is 1. The molecule has 3 N–H and O–H groups in total. The molecular formula is C12H13N5O2. The van der Waals surface area contributed by atoms with E-state index in [1.807, 2.05) is 24.3 Å². The Hall–Kier alpha value is -2.57. The first kappa shape index (κ1) is 11.5. The summed E-state index contributed by atoms with van der Waals surface area (Å²) in [6.45, 7) is 1.43. The van der Waals surface area contributed by atoms with Gasteiger partial charge < -0.3 is 15.4 Å². The Morgan fingerprint density at radius 3 is 3.05 bits per heavy atom. The van der Waals surface area contributed by atoms with Crippen LogP contribution in [0, 0.1) is 0 Å². The number of carbonyl (C=O) groups excluding carboxylic acids is 1. The molecule has 1 aliphatic rings. The maximum absolute atomic E-state index is 12.3. The number of nitrogens with two attached hydrogens (primary N) is 1. The van der Waals surface area contributed by atoms with Gasteiger partial charge in [-0.1, -0.05) is 18.2 Å². The minimum absolute atomic E-state index is 0.0647. The average molecular weight is 259 g/mol. The zero-order valence-corrected chi connectivity index (χ0v) is 10.2. The molecule has 0 spiro atoms. The lowest BCUT2D eigenvalue weighted by Gasteiger charge is -2.17. The molecule has 3 rings (SSSR count). The number of H-pyrrole nitrogens is 1. The van der Waals surface area contributed by atoms with E-state index >= 15 is 0 Å². The van der Waals surface area contributed by atoms with Crippen LogP contribution in [0.25, 0.3) is 0 Å². The third-order valence-corrected chi connectivity index (χ3v) is 2.95. The van der Waals surface area contributed by atoms with Crippen molar-refractivity contribution in [2.45, 2.75) is 6.54 Å². The van der Waals surface area contributed by atoms with Gasteiger partial charge in [-0.2, -0.15) is 4.98 Å². The van der Waals surface area contributed by atoms with E-state index in [1.54, 1.807) is 4.90 Å².